The summed E-state index contributed by atoms with van der Waals surface area (Å²) in [5, 5.41) is 6.83. The second-order valence-corrected chi connectivity index (χ2v) is 6.99. The Morgan fingerprint density at radius 1 is 1.15 bits per heavy atom. The molecule has 0 saturated heterocycles. The van der Waals surface area contributed by atoms with E-state index in [0.717, 1.165) is 30.0 Å². The van der Waals surface area contributed by atoms with Crippen molar-refractivity contribution >= 4 is 29.0 Å². The quantitative estimate of drug-likeness (QED) is 0.792. The smallest absolute Gasteiger partial charge is 0.321 e. The second-order valence-electron chi connectivity index (χ2n) is 6.99. The normalized spacial score (nSPS) is 19.3. The SMILES string of the molecule is C[C@H]1CCCC[C@H]1NC(=O)NC(=O)COc1ccc2ccccc2c1C=O. The standard InChI is InChI=1S/C21H24N2O4/c1-14-6-2-5-9-18(14)22-21(26)23-20(25)13-27-19-11-10-15-7-3-4-8-16(15)17(19)12-24/h3-4,7-8,10-12,14,18H,2,5-6,9,13H2,1H3,(H2,22,23,25,26)/t14-,18+/m0/s1. The number of hydrogen-bond acceptors (Lipinski definition) is 4. The Bertz CT molecular complexity index is 849. The third-order valence-electron chi connectivity index (χ3n) is 5.09. The number of fused-ring (bicyclic) bond motifs is 1. The fourth-order valence-corrected chi connectivity index (χ4v) is 3.56. The lowest BCUT2D eigenvalue weighted by Crippen LogP contribution is -2.48. The van der Waals surface area contributed by atoms with Crippen molar-refractivity contribution in [1.29, 1.82) is 0 Å². The lowest BCUT2D eigenvalue weighted by atomic mass is 9.86. The van der Waals surface area contributed by atoms with E-state index in [4.69, 9.17) is 4.74 Å². The monoisotopic (exact) mass is 368 g/mol. The highest BCUT2D eigenvalue weighted by molar-refractivity contribution is 6.01. The van der Waals surface area contributed by atoms with Gasteiger partial charge in [-0.1, -0.05) is 50.1 Å². The Morgan fingerprint density at radius 2 is 1.93 bits per heavy atom. The minimum absolute atomic E-state index is 0.0922. The van der Waals surface area contributed by atoms with Crippen molar-refractivity contribution in [2.75, 3.05) is 6.61 Å². The van der Waals surface area contributed by atoms with Crippen LogP contribution >= 0.6 is 0 Å². The van der Waals surface area contributed by atoms with Crippen LogP contribution in [0.2, 0.25) is 0 Å². The number of nitrogens with one attached hydrogen (secondary N) is 2. The molecule has 1 fully saturated rings. The highest BCUT2D eigenvalue weighted by atomic mass is 16.5. The van der Waals surface area contributed by atoms with Gasteiger partial charge < -0.3 is 10.1 Å². The Kier molecular flexibility index (Phi) is 6.06. The molecule has 1 aliphatic rings. The van der Waals surface area contributed by atoms with Crippen LogP contribution in [0.5, 0.6) is 5.75 Å². The second kappa shape index (κ2) is 8.66. The van der Waals surface area contributed by atoms with Gasteiger partial charge in [-0.3, -0.25) is 14.9 Å². The van der Waals surface area contributed by atoms with Crippen LogP contribution in [0.25, 0.3) is 10.8 Å². The average molecular weight is 368 g/mol. The van der Waals surface area contributed by atoms with E-state index in [2.05, 4.69) is 17.6 Å². The van der Waals surface area contributed by atoms with Crippen molar-refractivity contribution < 1.29 is 19.1 Å². The molecule has 0 unspecified atom stereocenters. The van der Waals surface area contributed by atoms with Crippen LogP contribution in [0.15, 0.2) is 36.4 Å². The molecule has 1 saturated carbocycles. The summed E-state index contributed by atoms with van der Waals surface area (Å²) in [6.45, 7) is 1.77. The minimum atomic E-state index is -0.555. The first kappa shape index (κ1) is 18.9. The van der Waals surface area contributed by atoms with E-state index in [1.165, 1.54) is 6.42 Å². The molecule has 3 amide bonds. The number of aldehydes is 1. The van der Waals surface area contributed by atoms with Crippen molar-refractivity contribution in [2.24, 2.45) is 5.92 Å². The number of rotatable bonds is 5. The molecule has 27 heavy (non-hydrogen) atoms. The van der Waals surface area contributed by atoms with E-state index in [1.807, 2.05) is 30.3 Å². The van der Waals surface area contributed by atoms with Gasteiger partial charge in [-0.05, 0) is 35.6 Å². The molecule has 0 radical (unpaired) electrons. The van der Waals surface area contributed by atoms with Gasteiger partial charge in [0.15, 0.2) is 12.9 Å². The van der Waals surface area contributed by atoms with E-state index in [9.17, 15) is 14.4 Å². The molecule has 0 heterocycles. The number of ether oxygens (including phenoxy) is 1. The molecule has 1 aliphatic carbocycles. The zero-order chi connectivity index (χ0) is 19.2. The number of carbonyl (C=O) groups is 3. The van der Waals surface area contributed by atoms with Gasteiger partial charge in [-0.15, -0.1) is 0 Å². The highest BCUT2D eigenvalue weighted by Gasteiger charge is 2.23. The van der Waals surface area contributed by atoms with Crippen LogP contribution in [-0.2, 0) is 4.79 Å². The summed E-state index contributed by atoms with van der Waals surface area (Å²) in [5.74, 6) is 0.171. The Labute approximate surface area is 158 Å². The van der Waals surface area contributed by atoms with E-state index in [-0.39, 0.29) is 12.6 Å². The lowest BCUT2D eigenvalue weighted by Gasteiger charge is -2.29. The Balaban J connectivity index is 1.56. The number of benzene rings is 2. The zero-order valence-electron chi connectivity index (χ0n) is 15.4. The number of carbonyl (C=O) groups excluding carboxylic acids is 3. The molecule has 2 aromatic rings. The highest BCUT2D eigenvalue weighted by Crippen LogP contribution is 2.26. The largest absolute Gasteiger partial charge is 0.483 e. The van der Waals surface area contributed by atoms with Crippen LogP contribution in [-0.4, -0.2) is 30.9 Å². The van der Waals surface area contributed by atoms with Crippen molar-refractivity contribution in [3.63, 3.8) is 0 Å². The van der Waals surface area contributed by atoms with Gasteiger partial charge in [-0.2, -0.15) is 0 Å². The molecule has 3 rings (SSSR count). The van der Waals surface area contributed by atoms with Crippen molar-refractivity contribution in [1.82, 2.24) is 10.6 Å². The van der Waals surface area contributed by atoms with Gasteiger partial charge in [0.2, 0.25) is 0 Å². The van der Waals surface area contributed by atoms with Gasteiger partial charge in [0, 0.05) is 6.04 Å². The van der Waals surface area contributed by atoms with Crippen LogP contribution in [0.3, 0.4) is 0 Å². The van der Waals surface area contributed by atoms with Crippen LogP contribution in [0.4, 0.5) is 4.79 Å². The van der Waals surface area contributed by atoms with Gasteiger partial charge >= 0.3 is 6.03 Å². The number of hydrogen-bond donors (Lipinski definition) is 2. The summed E-state index contributed by atoms with van der Waals surface area (Å²) in [4.78, 5) is 35.5. The average Bonchev–Trinajstić information content (AvgIpc) is 2.67. The molecule has 2 atom stereocenters. The van der Waals surface area contributed by atoms with Crippen molar-refractivity contribution in [2.45, 2.75) is 38.6 Å². The summed E-state index contributed by atoms with van der Waals surface area (Å²) >= 11 is 0. The summed E-state index contributed by atoms with van der Waals surface area (Å²) in [6.07, 6.45) is 4.99. The van der Waals surface area contributed by atoms with E-state index in [0.29, 0.717) is 23.5 Å². The minimum Gasteiger partial charge on any atom is -0.483 e. The van der Waals surface area contributed by atoms with Gasteiger partial charge in [0.1, 0.15) is 5.75 Å². The number of imide groups is 1. The van der Waals surface area contributed by atoms with Gasteiger partial charge in [-0.25, -0.2) is 4.79 Å². The first-order chi connectivity index (χ1) is 13.1. The fraction of sp³-hybridized carbons (Fsp3) is 0.381. The summed E-state index contributed by atoms with van der Waals surface area (Å²) in [7, 11) is 0. The van der Waals surface area contributed by atoms with Gasteiger partial charge in [0.05, 0.1) is 5.56 Å². The first-order valence-corrected chi connectivity index (χ1v) is 9.28. The fourth-order valence-electron chi connectivity index (χ4n) is 3.56. The Hall–Kier alpha value is -2.89. The maximum atomic E-state index is 12.0. The molecule has 6 heteroatoms. The maximum absolute atomic E-state index is 12.0. The maximum Gasteiger partial charge on any atom is 0.321 e. The Morgan fingerprint density at radius 3 is 2.70 bits per heavy atom. The molecular formula is C21H24N2O4. The molecule has 0 spiro atoms. The predicted molar refractivity (Wildman–Crippen MR) is 103 cm³/mol. The molecule has 0 aliphatic heterocycles. The summed E-state index contributed by atoms with van der Waals surface area (Å²) in [5.41, 5.74) is 0.390. The molecular weight excluding hydrogens is 344 g/mol. The number of amides is 3. The van der Waals surface area contributed by atoms with Gasteiger partial charge in [0.25, 0.3) is 5.91 Å². The lowest BCUT2D eigenvalue weighted by molar-refractivity contribution is -0.122. The molecule has 142 valence electrons. The molecule has 0 aromatic heterocycles. The molecule has 6 nitrogen and oxygen atoms in total. The summed E-state index contributed by atoms with van der Waals surface area (Å²) < 4.78 is 5.49. The van der Waals surface area contributed by atoms with Crippen LogP contribution in [0.1, 0.15) is 43.0 Å². The third kappa shape index (κ3) is 4.64. The van der Waals surface area contributed by atoms with E-state index < -0.39 is 11.9 Å². The third-order valence-corrected chi connectivity index (χ3v) is 5.09. The molecule has 2 N–H and O–H groups in total. The molecule has 2 aromatic carbocycles. The molecule has 0 bridgehead atoms. The topological polar surface area (TPSA) is 84.5 Å². The number of urea groups is 1. The van der Waals surface area contributed by atoms with Crippen LogP contribution < -0.4 is 15.4 Å². The van der Waals surface area contributed by atoms with Crippen LogP contribution in [0, 0.1) is 5.92 Å². The summed E-state index contributed by atoms with van der Waals surface area (Å²) in [6, 6.07) is 10.5. The van der Waals surface area contributed by atoms with E-state index >= 15 is 0 Å². The van der Waals surface area contributed by atoms with E-state index in [1.54, 1.807) is 6.07 Å². The van der Waals surface area contributed by atoms with Crippen molar-refractivity contribution in [3.8, 4) is 5.75 Å². The van der Waals surface area contributed by atoms with Crippen molar-refractivity contribution in [3.05, 3.63) is 42.0 Å². The predicted octanol–water partition coefficient (Wildman–Crippen LogP) is 3.44. The zero-order valence-corrected chi connectivity index (χ0v) is 15.4. The first-order valence-electron chi connectivity index (χ1n) is 9.28.